The van der Waals surface area contributed by atoms with E-state index >= 15 is 0 Å². The first-order valence-electron chi connectivity index (χ1n) is 7.15. The van der Waals surface area contributed by atoms with Crippen LogP contribution in [0.15, 0.2) is 28.8 Å². The lowest BCUT2D eigenvalue weighted by atomic mass is 9.92. The number of nitrogens with zero attached hydrogens (tertiary/aromatic N) is 2. The van der Waals surface area contributed by atoms with Crippen molar-refractivity contribution in [1.82, 2.24) is 10.1 Å². The van der Waals surface area contributed by atoms with E-state index in [4.69, 9.17) is 4.52 Å². The highest BCUT2D eigenvalue weighted by Crippen LogP contribution is 2.30. The fourth-order valence-corrected chi connectivity index (χ4v) is 2.60. The Morgan fingerprint density at radius 1 is 1.30 bits per heavy atom. The Balaban J connectivity index is 1.75. The molecule has 4 heteroatoms. The highest BCUT2D eigenvalue weighted by atomic mass is 16.5. The molecule has 1 N–H and O–H groups in total. The van der Waals surface area contributed by atoms with Crippen LogP contribution in [0, 0.1) is 5.41 Å². The minimum absolute atomic E-state index is 0.179. The second kappa shape index (κ2) is 4.93. The van der Waals surface area contributed by atoms with Crippen LogP contribution in [0.25, 0.3) is 0 Å². The van der Waals surface area contributed by atoms with Gasteiger partial charge in [0.05, 0.1) is 5.92 Å². The van der Waals surface area contributed by atoms with Crippen molar-refractivity contribution in [3.8, 4) is 0 Å². The van der Waals surface area contributed by atoms with Gasteiger partial charge in [-0.2, -0.15) is 4.98 Å². The summed E-state index contributed by atoms with van der Waals surface area (Å²) in [6.45, 7) is 7.40. The quantitative estimate of drug-likeness (QED) is 0.909. The van der Waals surface area contributed by atoms with E-state index in [2.05, 4.69) is 60.5 Å². The van der Waals surface area contributed by atoms with Crippen LogP contribution in [0.2, 0.25) is 0 Å². The number of nitrogens with one attached hydrogen (secondary N) is 1. The van der Waals surface area contributed by atoms with E-state index in [0.717, 1.165) is 31.1 Å². The van der Waals surface area contributed by atoms with E-state index in [9.17, 15) is 0 Å². The molecule has 1 aromatic heterocycles. The second-order valence-corrected chi connectivity index (χ2v) is 6.73. The Kier molecular flexibility index (Phi) is 3.24. The monoisotopic (exact) mass is 271 g/mol. The third-order valence-corrected chi connectivity index (χ3v) is 3.54. The van der Waals surface area contributed by atoms with E-state index in [-0.39, 0.29) is 11.3 Å². The highest BCUT2D eigenvalue weighted by molar-refractivity contribution is 5.53. The van der Waals surface area contributed by atoms with Crippen LogP contribution in [0.1, 0.15) is 44.0 Å². The van der Waals surface area contributed by atoms with Crippen LogP contribution >= 0.6 is 0 Å². The molecule has 0 amide bonds. The van der Waals surface area contributed by atoms with E-state index in [1.165, 1.54) is 11.3 Å². The highest BCUT2D eigenvalue weighted by Gasteiger charge is 2.25. The molecule has 1 aromatic carbocycles. The molecule has 1 atom stereocenters. The maximum absolute atomic E-state index is 5.46. The maximum atomic E-state index is 5.46. The van der Waals surface area contributed by atoms with Crippen molar-refractivity contribution >= 4 is 5.69 Å². The van der Waals surface area contributed by atoms with Crippen molar-refractivity contribution in [2.24, 2.45) is 5.41 Å². The molecule has 0 bridgehead atoms. The summed E-state index contributed by atoms with van der Waals surface area (Å²) in [5.41, 5.74) is 2.72. The molecule has 1 aliphatic heterocycles. The standard InChI is InChI=1S/C16H21N3O/c1-16(2,3)9-14-18-15(20-19-14)12-8-11-6-4-5-7-13(11)17-10-12/h4-7,12,17H,8-10H2,1-3H3. The van der Waals surface area contributed by atoms with Gasteiger partial charge in [-0.15, -0.1) is 0 Å². The van der Waals surface area contributed by atoms with Crippen LogP contribution in [0.5, 0.6) is 0 Å². The Morgan fingerprint density at radius 3 is 2.90 bits per heavy atom. The molecule has 4 nitrogen and oxygen atoms in total. The van der Waals surface area contributed by atoms with Crippen LogP contribution in [-0.2, 0) is 12.8 Å². The lowest BCUT2D eigenvalue weighted by Gasteiger charge is -2.23. The fourth-order valence-electron chi connectivity index (χ4n) is 2.60. The summed E-state index contributed by atoms with van der Waals surface area (Å²) in [5, 5.41) is 7.56. The smallest absolute Gasteiger partial charge is 0.231 e. The predicted octanol–water partition coefficient (Wildman–Crippen LogP) is 3.41. The van der Waals surface area contributed by atoms with Gasteiger partial charge < -0.3 is 9.84 Å². The summed E-state index contributed by atoms with van der Waals surface area (Å²) in [7, 11) is 0. The molecule has 1 aliphatic rings. The average Bonchev–Trinajstić information content (AvgIpc) is 2.84. The van der Waals surface area contributed by atoms with Gasteiger partial charge in [0.15, 0.2) is 5.82 Å². The zero-order valence-corrected chi connectivity index (χ0v) is 12.3. The number of para-hydroxylation sites is 1. The molecule has 0 saturated heterocycles. The van der Waals surface area contributed by atoms with Gasteiger partial charge >= 0.3 is 0 Å². The number of hydrogen-bond acceptors (Lipinski definition) is 4. The molecule has 3 rings (SSSR count). The van der Waals surface area contributed by atoms with Gasteiger partial charge in [-0.05, 0) is 23.5 Å². The molecule has 2 aromatic rings. The molecule has 106 valence electrons. The van der Waals surface area contributed by atoms with Gasteiger partial charge in [0.2, 0.25) is 5.89 Å². The maximum Gasteiger partial charge on any atom is 0.231 e. The zero-order chi connectivity index (χ0) is 14.2. The molecular formula is C16H21N3O. The van der Waals surface area contributed by atoms with E-state index < -0.39 is 0 Å². The molecular weight excluding hydrogens is 250 g/mol. The van der Waals surface area contributed by atoms with Crippen LogP contribution < -0.4 is 5.32 Å². The molecule has 0 spiro atoms. The zero-order valence-electron chi connectivity index (χ0n) is 12.3. The van der Waals surface area contributed by atoms with E-state index in [0.29, 0.717) is 0 Å². The first kappa shape index (κ1) is 13.2. The minimum atomic E-state index is 0.179. The Bertz CT molecular complexity index is 598. The molecule has 1 unspecified atom stereocenters. The van der Waals surface area contributed by atoms with Crippen molar-refractivity contribution in [2.75, 3.05) is 11.9 Å². The summed E-state index contributed by atoms with van der Waals surface area (Å²) < 4.78 is 5.46. The van der Waals surface area contributed by atoms with E-state index in [1.807, 2.05) is 0 Å². The molecule has 20 heavy (non-hydrogen) atoms. The average molecular weight is 271 g/mol. The first-order chi connectivity index (χ1) is 9.51. The molecule has 0 radical (unpaired) electrons. The topological polar surface area (TPSA) is 51.0 Å². The SMILES string of the molecule is CC(C)(C)Cc1noc(C2CNc3ccccc3C2)n1. The third-order valence-electron chi connectivity index (χ3n) is 3.54. The van der Waals surface area contributed by atoms with Gasteiger partial charge in [0.25, 0.3) is 0 Å². The summed E-state index contributed by atoms with van der Waals surface area (Å²) in [6, 6.07) is 8.40. The summed E-state index contributed by atoms with van der Waals surface area (Å²) in [5.74, 6) is 1.84. The van der Waals surface area contributed by atoms with Crippen molar-refractivity contribution in [3.63, 3.8) is 0 Å². The lowest BCUT2D eigenvalue weighted by molar-refractivity contribution is 0.339. The summed E-state index contributed by atoms with van der Waals surface area (Å²) in [6.07, 6.45) is 1.80. The van der Waals surface area contributed by atoms with Crippen molar-refractivity contribution in [2.45, 2.75) is 39.5 Å². The van der Waals surface area contributed by atoms with Gasteiger partial charge in [0.1, 0.15) is 0 Å². The lowest BCUT2D eigenvalue weighted by Crippen LogP contribution is -2.21. The third kappa shape index (κ3) is 2.84. The number of hydrogen-bond donors (Lipinski definition) is 1. The predicted molar refractivity (Wildman–Crippen MR) is 78.8 cm³/mol. The van der Waals surface area contributed by atoms with E-state index in [1.54, 1.807) is 0 Å². The molecule has 0 saturated carbocycles. The van der Waals surface area contributed by atoms with Gasteiger partial charge in [0, 0.05) is 18.7 Å². The Labute approximate surface area is 119 Å². The summed E-state index contributed by atoms with van der Waals surface area (Å²) in [4.78, 5) is 4.57. The number of benzene rings is 1. The Morgan fingerprint density at radius 2 is 2.10 bits per heavy atom. The largest absolute Gasteiger partial charge is 0.384 e. The van der Waals surface area contributed by atoms with Crippen LogP contribution in [0.3, 0.4) is 0 Å². The minimum Gasteiger partial charge on any atom is -0.384 e. The number of fused-ring (bicyclic) bond motifs is 1. The second-order valence-electron chi connectivity index (χ2n) is 6.73. The number of aromatic nitrogens is 2. The van der Waals surface area contributed by atoms with Crippen molar-refractivity contribution in [3.05, 3.63) is 41.5 Å². The molecule has 2 heterocycles. The van der Waals surface area contributed by atoms with Gasteiger partial charge in [-0.1, -0.05) is 44.1 Å². The van der Waals surface area contributed by atoms with Crippen molar-refractivity contribution < 1.29 is 4.52 Å². The van der Waals surface area contributed by atoms with Gasteiger partial charge in [-0.25, -0.2) is 0 Å². The van der Waals surface area contributed by atoms with Crippen LogP contribution in [0.4, 0.5) is 5.69 Å². The normalized spacial score (nSPS) is 18.4. The fraction of sp³-hybridized carbons (Fsp3) is 0.500. The Hall–Kier alpha value is -1.84. The van der Waals surface area contributed by atoms with Crippen LogP contribution in [-0.4, -0.2) is 16.7 Å². The first-order valence-corrected chi connectivity index (χ1v) is 7.15. The molecule has 0 aliphatic carbocycles. The summed E-state index contributed by atoms with van der Waals surface area (Å²) >= 11 is 0. The van der Waals surface area contributed by atoms with Gasteiger partial charge in [-0.3, -0.25) is 0 Å². The van der Waals surface area contributed by atoms with Crippen molar-refractivity contribution in [1.29, 1.82) is 0 Å². The number of rotatable bonds is 2. The number of anilines is 1. The molecule has 0 fully saturated rings.